The predicted molar refractivity (Wildman–Crippen MR) is 95.7 cm³/mol. The van der Waals surface area contributed by atoms with E-state index in [0.29, 0.717) is 31.2 Å². The van der Waals surface area contributed by atoms with Crippen molar-refractivity contribution >= 4 is 17.2 Å². The van der Waals surface area contributed by atoms with Crippen molar-refractivity contribution in [2.45, 2.75) is 44.6 Å². The van der Waals surface area contributed by atoms with Crippen LogP contribution in [0.5, 0.6) is 0 Å². The number of aryl methyl sites for hydroxylation is 2. The Morgan fingerprint density at radius 1 is 1.31 bits per heavy atom. The first-order valence-electron chi connectivity index (χ1n) is 9.02. The smallest absolute Gasteiger partial charge is 0.268 e. The van der Waals surface area contributed by atoms with E-state index in [1.54, 1.807) is 22.5 Å². The van der Waals surface area contributed by atoms with Crippen LogP contribution in [0.3, 0.4) is 0 Å². The van der Waals surface area contributed by atoms with Crippen molar-refractivity contribution in [2.24, 2.45) is 0 Å². The van der Waals surface area contributed by atoms with Crippen LogP contribution in [0.15, 0.2) is 33.4 Å². The van der Waals surface area contributed by atoms with Crippen LogP contribution in [0.1, 0.15) is 47.2 Å². The summed E-state index contributed by atoms with van der Waals surface area (Å²) in [5.41, 5.74) is 1.43. The van der Waals surface area contributed by atoms with Crippen LogP contribution in [-0.2, 0) is 24.2 Å². The van der Waals surface area contributed by atoms with E-state index >= 15 is 0 Å². The maximum atomic E-state index is 12.3. The lowest BCUT2D eigenvalue weighted by molar-refractivity contribution is -0.128. The average Bonchev–Trinajstić information content (AvgIpc) is 3.42. The molecule has 7 heteroatoms. The SMILES string of the molecule is O=C1CC(c2noc(-c3cc4c(s3)CCCC4)n2)CN1Cc1ccco1. The number of furan rings is 1. The Bertz CT molecular complexity index is 904. The van der Waals surface area contributed by atoms with Gasteiger partial charge in [0.2, 0.25) is 5.91 Å². The first-order valence-corrected chi connectivity index (χ1v) is 9.83. The van der Waals surface area contributed by atoms with Gasteiger partial charge >= 0.3 is 0 Å². The zero-order valence-electron chi connectivity index (χ0n) is 14.3. The molecule has 4 heterocycles. The Labute approximate surface area is 154 Å². The van der Waals surface area contributed by atoms with Crippen molar-refractivity contribution in [1.82, 2.24) is 15.0 Å². The third-order valence-electron chi connectivity index (χ3n) is 5.16. The number of thiophene rings is 1. The van der Waals surface area contributed by atoms with E-state index in [9.17, 15) is 4.79 Å². The molecule has 0 bridgehead atoms. The molecule has 0 N–H and O–H groups in total. The van der Waals surface area contributed by atoms with Gasteiger partial charge in [0.1, 0.15) is 5.76 Å². The minimum absolute atomic E-state index is 0.0236. The van der Waals surface area contributed by atoms with Gasteiger partial charge in [0.05, 0.1) is 17.7 Å². The van der Waals surface area contributed by atoms with Crippen LogP contribution < -0.4 is 0 Å². The number of fused-ring (bicyclic) bond motifs is 1. The van der Waals surface area contributed by atoms with Crippen LogP contribution >= 0.6 is 11.3 Å². The highest BCUT2D eigenvalue weighted by molar-refractivity contribution is 7.15. The molecule has 1 amide bonds. The first-order chi connectivity index (χ1) is 12.8. The lowest BCUT2D eigenvalue weighted by Crippen LogP contribution is -2.24. The van der Waals surface area contributed by atoms with Gasteiger partial charge in [-0.05, 0) is 49.4 Å². The molecule has 1 unspecified atom stereocenters. The largest absolute Gasteiger partial charge is 0.467 e. The number of likely N-dealkylation sites (tertiary alicyclic amines) is 1. The highest BCUT2D eigenvalue weighted by atomic mass is 32.1. The molecule has 26 heavy (non-hydrogen) atoms. The number of amides is 1. The van der Waals surface area contributed by atoms with Gasteiger partial charge in [0.25, 0.3) is 5.89 Å². The van der Waals surface area contributed by atoms with Gasteiger partial charge in [-0.25, -0.2) is 0 Å². The van der Waals surface area contributed by atoms with Crippen molar-refractivity contribution < 1.29 is 13.7 Å². The third kappa shape index (κ3) is 2.86. The quantitative estimate of drug-likeness (QED) is 0.700. The second-order valence-corrected chi connectivity index (χ2v) is 8.12. The topological polar surface area (TPSA) is 72.4 Å². The van der Waals surface area contributed by atoms with Crippen molar-refractivity contribution in [2.75, 3.05) is 6.54 Å². The monoisotopic (exact) mass is 369 g/mol. The fourth-order valence-corrected chi connectivity index (χ4v) is 4.96. The van der Waals surface area contributed by atoms with Crippen molar-refractivity contribution in [1.29, 1.82) is 0 Å². The Morgan fingerprint density at radius 2 is 2.23 bits per heavy atom. The van der Waals surface area contributed by atoms with Crippen LogP contribution in [-0.4, -0.2) is 27.5 Å². The lowest BCUT2D eigenvalue weighted by atomic mass is 9.99. The van der Waals surface area contributed by atoms with E-state index in [4.69, 9.17) is 8.94 Å². The molecule has 1 fully saturated rings. The van der Waals surface area contributed by atoms with E-state index in [2.05, 4.69) is 16.2 Å². The third-order valence-corrected chi connectivity index (χ3v) is 6.38. The van der Waals surface area contributed by atoms with Crippen LogP contribution in [0.4, 0.5) is 0 Å². The molecule has 3 aromatic heterocycles. The van der Waals surface area contributed by atoms with Crippen LogP contribution in [0.2, 0.25) is 0 Å². The number of hydrogen-bond acceptors (Lipinski definition) is 6. The summed E-state index contributed by atoms with van der Waals surface area (Å²) in [6, 6.07) is 5.91. The van der Waals surface area contributed by atoms with E-state index < -0.39 is 0 Å². The summed E-state index contributed by atoms with van der Waals surface area (Å²) in [5, 5.41) is 4.16. The van der Waals surface area contributed by atoms with Crippen LogP contribution in [0.25, 0.3) is 10.8 Å². The predicted octanol–water partition coefficient (Wildman–Crippen LogP) is 3.79. The Hall–Kier alpha value is -2.41. The summed E-state index contributed by atoms with van der Waals surface area (Å²) in [7, 11) is 0. The molecule has 3 aromatic rings. The Kier molecular flexibility index (Phi) is 3.89. The van der Waals surface area contributed by atoms with Crippen LogP contribution in [0, 0.1) is 0 Å². The number of nitrogens with zero attached hydrogens (tertiary/aromatic N) is 3. The second-order valence-electron chi connectivity index (χ2n) is 6.98. The highest BCUT2D eigenvalue weighted by Gasteiger charge is 2.34. The molecular weight excluding hydrogens is 350 g/mol. The van der Waals surface area contributed by atoms with Gasteiger partial charge in [-0.3, -0.25) is 4.79 Å². The molecule has 5 rings (SSSR count). The zero-order valence-corrected chi connectivity index (χ0v) is 15.1. The van der Waals surface area contributed by atoms with E-state index in [1.165, 1.54) is 23.3 Å². The van der Waals surface area contributed by atoms with E-state index in [1.807, 2.05) is 12.1 Å². The minimum Gasteiger partial charge on any atom is -0.467 e. The number of rotatable bonds is 4. The van der Waals surface area contributed by atoms with Gasteiger partial charge in [0.15, 0.2) is 5.82 Å². The van der Waals surface area contributed by atoms with E-state index in [-0.39, 0.29) is 11.8 Å². The summed E-state index contributed by atoms with van der Waals surface area (Å²) in [6.07, 6.45) is 6.86. The number of carbonyl (C=O) groups excluding carboxylic acids is 1. The van der Waals surface area contributed by atoms with Gasteiger partial charge in [-0.2, -0.15) is 4.98 Å². The molecule has 2 aliphatic rings. The standard InChI is InChI=1S/C19H19N3O3S/c23-17-9-13(10-22(17)11-14-5-3-7-24-14)18-20-19(25-21-18)16-8-12-4-1-2-6-15(12)26-16/h3,5,7-8,13H,1-2,4,6,9-11H2. The summed E-state index contributed by atoms with van der Waals surface area (Å²) >= 11 is 1.76. The highest BCUT2D eigenvalue weighted by Crippen LogP contribution is 2.36. The van der Waals surface area contributed by atoms with Crippen molar-refractivity contribution in [3.05, 3.63) is 46.5 Å². The van der Waals surface area contributed by atoms with Crippen molar-refractivity contribution in [3.8, 4) is 10.8 Å². The minimum atomic E-state index is -0.0236. The molecule has 134 valence electrons. The maximum Gasteiger partial charge on any atom is 0.268 e. The fraction of sp³-hybridized carbons (Fsp3) is 0.421. The molecule has 1 aliphatic heterocycles. The summed E-state index contributed by atoms with van der Waals surface area (Å²) in [4.78, 5) is 21.2. The number of carbonyl (C=O) groups is 1. The normalized spacial score (nSPS) is 19.9. The molecule has 1 aliphatic carbocycles. The average molecular weight is 369 g/mol. The molecule has 1 atom stereocenters. The fourth-order valence-electron chi connectivity index (χ4n) is 3.79. The van der Waals surface area contributed by atoms with Gasteiger partial charge in [-0.1, -0.05) is 5.16 Å². The van der Waals surface area contributed by atoms with Gasteiger partial charge in [-0.15, -0.1) is 11.3 Å². The molecule has 0 aromatic carbocycles. The number of hydrogen-bond donors (Lipinski definition) is 0. The summed E-state index contributed by atoms with van der Waals surface area (Å²) in [6.45, 7) is 1.09. The van der Waals surface area contributed by atoms with Gasteiger partial charge in [0, 0.05) is 23.8 Å². The zero-order chi connectivity index (χ0) is 17.5. The van der Waals surface area contributed by atoms with E-state index in [0.717, 1.165) is 23.5 Å². The summed E-state index contributed by atoms with van der Waals surface area (Å²) in [5.74, 6) is 2.07. The molecule has 6 nitrogen and oxygen atoms in total. The summed E-state index contributed by atoms with van der Waals surface area (Å²) < 4.78 is 10.9. The molecular formula is C19H19N3O3S. The Morgan fingerprint density at radius 3 is 3.08 bits per heavy atom. The molecule has 0 radical (unpaired) electrons. The Balaban J connectivity index is 1.32. The first kappa shape index (κ1) is 15.8. The molecule has 1 saturated heterocycles. The lowest BCUT2D eigenvalue weighted by Gasteiger charge is -2.13. The molecule has 0 saturated carbocycles. The van der Waals surface area contributed by atoms with Gasteiger partial charge < -0.3 is 13.8 Å². The number of aromatic nitrogens is 2. The van der Waals surface area contributed by atoms with Crippen molar-refractivity contribution in [3.63, 3.8) is 0 Å². The second kappa shape index (κ2) is 6.39. The molecule has 0 spiro atoms. The maximum absolute atomic E-state index is 12.3.